The molecule has 1 atom stereocenters. The molecule has 0 saturated carbocycles. The molecule has 1 aromatic carbocycles. The van der Waals surface area contributed by atoms with Gasteiger partial charge in [0.15, 0.2) is 0 Å². The van der Waals surface area contributed by atoms with Crippen LogP contribution >= 0.6 is 12.4 Å². The van der Waals surface area contributed by atoms with E-state index in [1.165, 1.54) is 16.8 Å². The Morgan fingerprint density at radius 2 is 2.17 bits per heavy atom. The van der Waals surface area contributed by atoms with Gasteiger partial charge in [-0.3, -0.25) is 4.79 Å². The summed E-state index contributed by atoms with van der Waals surface area (Å²) in [5.74, 6) is 0.970. The maximum absolute atomic E-state index is 12.0. The molecule has 1 aliphatic heterocycles. The summed E-state index contributed by atoms with van der Waals surface area (Å²) in [6.07, 6.45) is 2.33. The Labute approximate surface area is 147 Å². The number of aryl methyl sites for hydroxylation is 1. The smallest absolute Gasteiger partial charge is 0.243 e. The first-order chi connectivity index (χ1) is 11.2. The summed E-state index contributed by atoms with van der Waals surface area (Å²) in [5.41, 5.74) is 2.08. The van der Waals surface area contributed by atoms with Crippen LogP contribution in [0.1, 0.15) is 18.4 Å². The van der Waals surface area contributed by atoms with E-state index in [-0.39, 0.29) is 24.9 Å². The molecule has 1 unspecified atom stereocenters. The molecule has 0 radical (unpaired) electrons. The minimum Gasteiger partial charge on any atom is -0.354 e. The maximum atomic E-state index is 12.0. The van der Waals surface area contributed by atoms with Crippen molar-refractivity contribution >= 4 is 18.3 Å². The predicted molar refractivity (Wildman–Crippen MR) is 93.8 cm³/mol. The van der Waals surface area contributed by atoms with Crippen molar-refractivity contribution in [2.24, 2.45) is 5.92 Å². The molecule has 3 rings (SSSR count). The number of hydrogen-bond donors (Lipinski definition) is 2. The van der Waals surface area contributed by atoms with Gasteiger partial charge in [-0.2, -0.15) is 4.80 Å². The highest BCUT2D eigenvalue weighted by Crippen LogP contribution is 2.13. The quantitative estimate of drug-likeness (QED) is 0.846. The summed E-state index contributed by atoms with van der Waals surface area (Å²) in [5, 5.41) is 18.5. The van der Waals surface area contributed by atoms with Crippen LogP contribution in [-0.4, -0.2) is 45.7 Å². The summed E-state index contributed by atoms with van der Waals surface area (Å²) in [6.45, 7) is 4.87. The van der Waals surface area contributed by atoms with Gasteiger partial charge in [-0.05, 0) is 44.0 Å². The third-order valence-corrected chi connectivity index (χ3v) is 4.03. The fourth-order valence-corrected chi connectivity index (χ4v) is 2.67. The standard InChI is InChI=1S/C16H22N6O.ClH/c1-12-4-6-14(7-5-12)16-19-21-22(20-16)11-15(23)18-10-13-3-2-8-17-9-13;/h4-7,13,17H,2-3,8-11H2,1H3,(H,18,23);1H. The average Bonchev–Trinajstić information content (AvgIpc) is 3.03. The van der Waals surface area contributed by atoms with Gasteiger partial charge in [-0.15, -0.1) is 22.6 Å². The molecule has 0 bridgehead atoms. The lowest BCUT2D eigenvalue weighted by atomic mass is 10.00. The first-order valence-electron chi connectivity index (χ1n) is 8.03. The van der Waals surface area contributed by atoms with E-state index in [0.717, 1.165) is 25.1 Å². The minimum absolute atomic E-state index is 0. The summed E-state index contributed by atoms with van der Waals surface area (Å²) >= 11 is 0. The van der Waals surface area contributed by atoms with E-state index >= 15 is 0 Å². The van der Waals surface area contributed by atoms with E-state index in [1.807, 2.05) is 31.2 Å². The summed E-state index contributed by atoms with van der Waals surface area (Å²) in [6, 6.07) is 7.90. The number of halogens is 1. The predicted octanol–water partition coefficient (Wildman–Crippen LogP) is 1.19. The molecule has 1 saturated heterocycles. The van der Waals surface area contributed by atoms with Crippen molar-refractivity contribution in [1.29, 1.82) is 0 Å². The number of aromatic nitrogens is 4. The second-order valence-electron chi connectivity index (χ2n) is 6.03. The highest BCUT2D eigenvalue weighted by Gasteiger charge is 2.14. The fourth-order valence-electron chi connectivity index (χ4n) is 2.67. The Morgan fingerprint density at radius 1 is 1.38 bits per heavy atom. The van der Waals surface area contributed by atoms with Crippen LogP contribution in [0.25, 0.3) is 11.4 Å². The van der Waals surface area contributed by atoms with Crippen LogP contribution in [-0.2, 0) is 11.3 Å². The van der Waals surface area contributed by atoms with Gasteiger partial charge in [0.1, 0.15) is 6.54 Å². The Bertz CT molecular complexity index is 651. The number of nitrogens with zero attached hydrogens (tertiary/aromatic N) is 4. The van der Waals surface area contributed by atoms with Gasteiger partial charge in [0.2, 0.25) is 11.7 Å². The zero-order valence-electron chi connectivity index (χ0n) is 13.7. The number of piperidine rings is 1. The first kappa shape index (κ1) is 18.4. The van der Waals surface area contributed by atoms with Gasteiger partial charge >= 0.3 is 0 Å². The monoisotopic (exact) mass is 350 g/mol. The van der Waals surface area contributed by atoms with Crippen molar-refractivity contribution in [3.63, 3.8) is 0 Å². The number of carbonyl (C=O) groups excluding carboxylic acids is 1. The number of tetrazole rings is 1. The first-order valence-corrected chi connectivity index (χ1v) is 8.03. The minimum atomic E-state index is -0.0802. The number of carbonyl (C=O) groups is 1. The van der Waals surface area contributed by atoms with Gasteiger partial charge in [-0.1, -0.05) is 29.8 Å². The van der Waals surface area contributed by atoms with Gasteiger partial charge in [0.05, 0.1) is 0 Å². The number of benzene rings is 1. The van der Waals surface area contributed by atoms with Gasteiger partial charge in [0, 0.05) is 12.1 Å². The van der Waals surface area contributed by atoms with Gasteiger partial charge < -0.3 is 10.6 Å². The SMILES string of the molecule is Cc1ccc(-c2nnn(CC(=O)NCC3CCCNC3)n2)cc1.Cl. The molecule has 1 fully saturated rings. The van der Waals surface area contributed by atoms with Crippen molar-refractivity contribution in [1.82, 2.24) is 30.8 Å². The molecule has 24 heavy (non-hydrogen) atoms. The van der Waals surface area contributed by atoms with Crippen LogP contribution in [0.15, 0.2) is 24.3 Å². The number of rotatable bonds is 5. The Morgan fingerprint density at radius 3 is 2.88 bits per heavy atom. The van der Waals surface area contributed by atoms with Gasteiger partial charge in [0.25, 0.3) is 0 Å². The Hall–Kier alpha value is -1.99. The van der Waals surface area contributed by atoms with Crippen LogP contribution in [0.5, 0.6) is 0 Å². The lowest BCUT2D eigenvalue weighted by Crippen LogP contribution is -2.39. The molecule has 1 aromatic heterocycles. The molecule has 1 amide bonds. The van der Waals surface area contributed by atoms with Crippen molar-refractivity contribution in [3.05, 3.63) is 29.8 Å². The largest absolute Gasteiger partial charge is 0.354 e. The number of nitrogens with one attached hydrogen (secondary N) is 2. The molecule has 0 spiro atoms. The third kappa shape index (κ3) is 5.01. The molecular formula is C16H23ClN6O. The maximum Gasteiger partial charge on any atom is 0.243 e. The topological polar surface area (TPSA) is 84.7 Å². The van der Waals surface area contributed by atoms with Crippen LogP contribution < -0.4 is 10.6 Å². The molecule has 2 heterocycles. The molecule has 2 aromatic rings. The van der Waals surface area contributed by atoms with Gasteiger partial charge in [-0.25, -0.2) is 0 Å². The molecule has 1 aliphatic rings. The van der Waals surface area contributed by atoms with Crippen molar-refractivity contribution in [2.45, 2.75) is 26.3 Å². The molecule has 8 heteroatoms. The molecule has 2 N–H and O–H groups in total. The number of amides is 1. The van der Waals surface area contributed by atoms with E-state index in [4.69, 9.17) is 0 Å². The zero-order valence-corrected chi connectivity index (χ0v) is 14.6. The van der Waals surface area contributed by atoms with E-state index < -0.39 is 0 Å². The molecule has 7 nitrogen and oxygen atoms in total. The third-order valence-electron chi connectivity index (χ3n) is 4.03. The van der Waals surface area contributed by atoms with Crippen LogP contribution in [0.2, 0.25) is 0 Å². The van der Waals surface area contributed by atoms with E-state index in [9.17, 15) is 4.79 Å². The van der Waals surface area contributed by atoms with E-state index in [2.05, 4.69) is 26.0 Å². The highest BCUT2D eigenvalue weighted by atomic mass is 35.5. The lowest BCUT2D eigenvalue weighted by Gasteiger charge is -2.22. The van der Waals surface area contributed by atoms with Crippen molar-refractivity contribution < 1.29 is 4.79 Å². The van der Waals surface area contributed by atoms with Crippen molar-refractivity contribution in [2.75, 3.05) is 19.6 Å². The van der Waals surface area contributed by atoms with E-state index in [1.54, 1.807) is 0 Å². The average molecular weight is 351 g/mol. The highest BCUT2D eigenvalue weighted by molar-refractivity contribution is 5.85. The second kappa shape index (κ2) is 8.75. The zero-order chi connectivity index (χ0) is 16.1. The van der Waals surface area contributed by atoms with Crippen molar-refractivity contribution in [3.8, 4) is 11.4 Å². The number of hydrogen-bond acceptors (Lipinski definition) is 5. The summed E-state index contributed by atoms with van der Waals surface area (Å²) in [4.78, 5) is 13.3. The molecule has 0 aliphatic carbocycles. The Kier molecular flexibility index (Phi) is 6.69. The van der Waals surface area contributed by atoms with Crippen LogP contribution in [0, 0.1) is 12.8 Å². The lowest BCUT2D eigenvalue weighted by molar-refractivity contribution is -0.122. The van der Waals surface area contributed by atoms with E-state index in [0.29, 0.717) is 18.3 Å². The second-order valence-corrected chi connectivity index (χ2v) is 6.03. The summed E-state index contributed by atoms with van der Waals surface area (Å²) < 4.78 is 0. The Balaban J connectivity index is 0.00000208. The fraction of sp³-hybridized carbons (Fsp3) is 0.500. The summed E-state index contributed by atoms with van der Waals surface area (Å²) in [7, 11) is 0. The molecular weight excluding hydrogens is 328 g/mol. The van der Waals surface area contributed by atoms with Crippen LogP contribution in [0.4, 0.5) is 0 Å². The molecule has 130 valence electrons. The normalized spacial score (nSPS) is 17.1. The van der Waals surface area contributed by atoms with Crippen LogP contribution in [0.3, 0.4) is 0 Å².